The van der Waals surface area contributed by atoms with Crippen LogP contribution in [0.25, 0.3) is 0 Å². The number of rotatable bonds is 6. The minimum absolute atomic E-state index is 0.0433. The topological polar surface area (TPSA) is 107 Å². The van der Waals surface area contributed by atoms with E-state index in [-0.39, 0.29) is 28.3 Å². The van der Waals surface area contributed by atoms with Gasteiger partial charge in [-0.2, -0.15) is 0 Å². The molecule has 1 atom stereocenters. The molecule has 7 nitrogen and oxygen atoms in total. The van der Waals surface area contributed by atoms with Gasteiger partial charge in [-0.05, 0) is 38.5 Å². The van der Waals surface area contributed by atoms with Gasteiger partial charge in [0, 0.05) is 29.5 Å². The van der Waals surface area contributed by atoms with Crippen molar-refractivity contribution < 1.29 is 27.6 Å². The van der Waals surface area contributed by atoms with Gasteiger partial charge >= 0.3 is 0 Å². The van der Waals surface area contributed by atoms with Crippen molar-refractivity contribution in [2.24, 2.45) is 5.92 Å². The number of sulfone groups is 1. The summed E-state index contributed by atoms with van der Waals surface area (Å²) in [6.07, 6.45) is 1.27. The van der Waals surface area contributed by atoms with Crippen LogP contribution in [0, 0.1) is 5.92 Å². The lowest BCUT2D eigenvalue weighted by Gasteiger charge is -2.23. The highest BCUT2D eigenvalue weighted by Gasteiger charge is 2.40. The Morgan fingerprint density at radius 1 is 1.30 bits per heavy atom. The monoisotopic (exact) mass is 413 g/mol. The molecule has 0 saturated heterocycles. The Kier molecular flexibility index (Phi) is 6.56. The largest absolute Gasteiger partial charge is 0.298 e. The fraction of sp³-hybridized carbons (Fsp3) is 0.389. The zero-order chi connectivity index (χ0) is 20.4. The van der Waals surface area contributed by atoms with E-state index in [1.165, 1.54) is 12.1 Å². The fourth-order valence-electron chi connectivity index (χ4n) is 2.80. The predicted molar refractivity (Wildman–Crippen MR) is 99.1 cm³/mol. The van der Waals surface area contributed by atoms with Crippen molar-refractivity contribution >= 4 is 38.8 Å². The van der Waals surface area contributed by atoms with Gasteiger partial charge in [0.2, 0.25) is 0 Å². The molecule has 0 radical (unpaired) electrons. The normalized spacial score (nSPS) is 19.8. The molecule has 1 unspecified atom stereocenters. The molecule has 9 heteroatoms. The third-order valence-corrected chi connectivity index (χ3v) is 5.64. The number of hydrogen-bond donors (Lipinski definition) is 1. The first-order valence-electron chi connectivity index (χ1n) is 8.26. The molecule has 1 aromatic rings. The molecule has 0 aromatic heterocycles. The van der Waals surface area contributed by atoms with E-state index in [2.05, 4.69) is 5.48 Å². The van der Waals surface area contributed by atoms with Crippen LogP contribution in [-0.2, 0) is 24.3 Å². The maximum absolute atomic E-state index is 12.8. The molecule has 1 aliphatic carbocycles. The Morgan fingerprint density at radius 3 is 2.52 bits per heavy atom. The van der Waals surface area contributed by atoms with E-state index in [4.69, 9.17) is 16.4 Å². The number of ketones is 3. The van der Waals surface area contributed by atoms with Crippen molar-refractivity contribution in [1.82, 2.24) is 5.48 Å². The van der Waals surface area contributed by atoms with E-state index in [9.17, 15) is 22.8 Å². The van der Waals surface area contributed by atoms with E-state index in [1.807, 2.05) is 0 Å². The van der Waals surface area contributed by atoms with Crippen LogP contribution in [0.1, 0.15) is 37.0 Å². The number of Topliss-reactive ketones (excluding diaryl/α,β-unsaturated/α-hetero) is 3. The summed E-state index contributed by atoms with van der Waals surface area (Å²) in [7, 11) is -3.50. The van der Waals surface area contributed by atoms with Gasteiger partial charge in [0.25, 0.3) is 0 Å². The number of carbonyl (C=O) groups is 3. The summed E-state index contributed by atoms with van der Waals surface area (Å²) in [6.45, 7) is 3.78. The van der Waals surface area contributed by atoms with Gasteiger partial charge < -0.3 is 0 Å². The third-order valence-electron chi connectivity index (χ3n) is 4.22. The molecule has 1 aromatic carbocycles. The van der Waals surface area contributed by atoms with E-state index < -0.39 is 33.1 Å². The number of allylic oxidation sites excluding steroid dienone is 2. The highest BCUT2D eigenvalue weighted by atomic mass is 35.5. The zero-order valence-electron chi connectivity index (χ0n) is 15.2. The van der Waals surface area contributed by atoms with Crippen molar-refractivity contribution in [2.45, 2.75) is 31.6 Å². The van der Waals surface area contributed by atoms with Gasteiger partial charge in [-0.3, -0.25) is 24.7 Å². The summed E-state index contributed by atoms with van der Waals surface area (Å²) in [5.41, 5.74) is 3.34. The number of hydroxylamine groups is 1. The summed E-state index contributed by atoms with van der Waals surface area (Å²) in [5, 5.41) is -0.121. The standard InChI is InChI=1S/C18H20ClNO6S/c1-4-26-20-10(2)12-7-8-15(21)16(17(12)22)18(23)13-6-5-11(9-14(13)19)27(3,24)25/h5-6,9,16,20H,4,7-8H2,1-3H3. The Balaban J connectivity index is 2.39. The molecule has 27 heavy (non-hydrogen) atoms. The molecule has 0 aliphatic heterocycles. The second kappa shape index (κ2) is 8.33. The highest BCUT2D eigenvalue weighted by Crippen LogP contribution is 2.30. The fourth-order valence-corrected chi connectivity index (χ4v) is 3.78. The Hall–Kier alpha value is -2.03. The summed E-state index contributed by atoms with van der Waals surface area (Å²) in [5.74, 6) is -3.31. The number of nitrogens with one attached hydrogen (secondary N) is 1. The number of hydrogen-bond acceptors (Lipinski definition) is 7. The minimum Gasteiger partial charge on any atom is -0.298 e. The van der Waals surface area contributed by atoms with Gasteiger partial charge in [-0.25, -0.2) is 8.42 Å². The molecule has 0 bridgehead atoms. The lowest BCUT2D eigenvalue weighted by molar-refractivity contribution is -0.130. The molecule has 2 rings (SSSR count). The molecule has 0 amide bonds. The summed E-state index contributed by atoms with van der Waals surface area (Å²) in [4.78, 5) is 42.9. The smallest absolute Gasteiger partial charge is 0.182 e. The zero-order valence-corrected chi connectivity index (χ0v) is 16.7. The van der Waals surface area contributed by atoms with Gasteiger partial charge in [0.05, 0.1) is 16.5 Å². The molecule has 1 fully saturated rings. The van der Waals surface area contributed by atoms with Crippen LogP contribution < -0.4 is 5.48 Å². The van der Waals surface area contributed by atoms with Gasteiger partial charge in [0.1, 0.15) is 5.92 Å². The lowest BCUT2D eigenvalue weighted by atomic mass is 9.78. The number of carbonyl (C=O) groups excluding carboxylic acids is 3. The first kappa shape index (κ1) is 21.3. The highest BCUT2D eigenvalue weighted by molar-refractivity contribution is 7.90. The minimum atomic E-state index is -3.50. The number of benzene rings is 1. The van der Waals surface area contributed by atoms with Crippen LogP contribution >= 0.6 is 11.6 Å². The van der Waals surface area contributed by atoms with Crippen LogP contribution in [0.4, 0.5) is 0 Å². The molecule has 0 heterocycles. The molecule has 1 saturated carbocycles. The maximum Gasteiger partial charge on any atom is 0.182 e. The van der Waals surface area contributed by atoms with E-state index in [0.29, 0.717) is 17.9 Å². The first-order valence-corrected chi connectivity index (χ1v) is 10.5. The van der Waals surface area contributed by atoms with E-state index >= 15 is 0 Å². The number of halogens is 1. The van der Waals surface area contributed by atoms with Gasteiger partial charge in [-0.1, -0.05) is 11.6 Å². The molecule has 1 aliphatic rings. The average Bonchev–Trinajstić information content (AvgIpc) is 2.58. The lowest BCUT2D eigenvalue weighted by Crippen LogP contribution is -2.38. The third kappa shape index (κ3) is 4.63. The van der Waals surface area contributed by atoms with Crippen LogP contribution in [0.3, 0.4) is 0 Å². The SMILES string of the molecule is CCONC(C)=C1CCC(=O)C(C(=O)c2ccc(S(C)(=O)=O)cc2Cl)C1=O. The van der Waals surface area contributed by atoms with Gasteiger partial charge in [0.15, 0.2) is 27.2 Å². The first-order chi connectivity index (χ1) is 12.6. The van der Waals surface area contributed by atoms with E-state index in [0.717, 1.165) is 12.3 Å². The molecule has 0 spiro atoms. The average molecular weight is 414 g/mol. The molecular formula is C18H20ClNO6S. The molecule has 1 N–H and O–H groups in total. The second-order valence-corrected chi connectivity index (χ2v) is 8.60. The predicted octanol–water partition coefficient (Wildman–Crippen LogP) is 2.29. The van der Waals surface area contributed by atoms with Crippen molar-refractivity contribution in [3.63, 3.8) is 0 Å². The van der Waals surface area contributed by atoms with Crippen LogP contribution in [0.2, 0.25) is 5.02 Å². The quantitative estimate of drug-likeness (QED) is 0.330. The molecule has 146 valence electrons. The van der Waals surface area contributed by atoms with Crippen LogP contribution in [0.5, 0.6) is 0 Å². The van der Waals surface area contributed by atoms with Crippen molar-refractivity contribution in [1.29, 1.82) is 0 Å². The van der Waals surface area contributed by atoms with Crippen molar-refractivity contribution in [2.75, 3.05) is 12.9 Å². The Morgan fingerprint density at radius 2 is 1.96 bits per heavy atom. The van der Waals surface area contributed by atoms with Crippen molar-refractivity contribution in [3.05, 3.63) is 40.1 Å². The van der Waals surface area contributed by atoms with Gasteiger partial charge in [-0.15, -0.1) is 0 Å². The summed E-state index contributed by atoms with van der Waals surface area (Å²) < 4.78 is 23.2. The summed E-state index contributed by atoms with van der Waals surface area (Å²) >= 11 is 6.06. The van der Waals surface area contributed by atoms with Crippen LogP contribution in [0.15, 0.2) is 34.4 Å². The molecular weight excluding hydrogens is 394 g/mol. The van der Waals surface area contributed by atoms with Crippen molar-refractivity contribution in [3.8, 4) is 0 Å². The Labute approximate surface area is 162 Å². The van der Waals surface area contributed by atoms with Crippen LogP contribution in [-0.4, -0.2) is 38.6 Å². The maximum atomic E-state index is 12.8. The second-order valence-electron chi connectivity index (χ2n) is 6.18. The Bertz CT molecular complexity index is 935. The van der Waals surface area contributed by atoms with E-state index in [1.54, 1.807) is 13.8 Å². The summed E-state index contributed by atoms with van der Waals surface area (Å²) in [6, 6.07) is 3.59.